The van der Waals surface area contributed by atoms with Crippen LogP contribution in [0, 0.1) is 0 Å². The highest BCUT2D eigenvalue weighted by molar-refractivity contribution is 7.22. The zero-order valence-electron chi connectivity index (χ0n) is 26.7. The second-order valence-electron chi connectivity index (χ2n) is 12.9. The van der Waals surface area contributed by atoms with E-state index in [1.165, 1.54) is 53.8 Å². The van der Waals surface area contributed by atoms with Gasteiger partial charge in [0.1, 0.15) is 0 Å². The third-order valence-electron chi connectivity index (χ3n) is 10.4. The van der Waals surface area contributed by atoms with Crippen LogP contribution in [-0.4, -0.2) is 18.0 Å². The Morgan fingerprint density at radius 3 is 1.67 bits per heavy atom. The largest absolute Gasteiger partial charge is 0.254 e. The second kappa shape index (κ2) is 10.9. The molecule has 0 spiro atoms. The molecule has 0 radical (unpaired) electrons. The van der Waals surface area contributed by atoms with Gasteiger partial charge in [0.2, 0.25) is 0 Å². The summed E-state index contributed by atoms with van der Waals surface area (Å²) in [6.45, 7) is 0. The molecule has 1 aliphatic heterocycles. The lowest BCUT2D eigenvalue weighted by Crippen LogP contribution is -2.72. The fraction of sp³-hybridized carbons (Fsp3) is 0. The maximum absolute atomic E-state index is 5.21. The van der Waals surface area contributed by atoms with Crippen LogP contribution in [0.15, 0.2) is 182 Å². The van der Waals surface area contributed by atoms with Crippen LogP contribution in [-0.2, 0) is 0 Å². The highest BCUT2D eigenvalue weighted by Crippen LogP contribution is 2.36. The molecule has 3 heterocycles. The van der Waals surface area contributed by atoms with Crippen LogP contribution in [0.4, 0.5) is 0 Å². The van der Waals surface area contributed by atoms with Gasteiger partial charge in [-0.3, -0.25) is 4.98 Å². The van der Waals surface area contributed by atoms with Crippen LogP contribution in [0.5, 0.6) is 0 Å². The Labute approximate surface area is 286 Å². The van der Waals surface area contributed by atoms with Crippen molar-refractivity contribution in [1.29, 1.82) is 0 Å². The molecule has 2 nitrogen and oxygen atoms in total. The molecule has 0 saturated heterocycles. The van der Waals surface area contributed by atoms with Crippen LogP contribution < -0.4 is 20.7 Å². The van der Waals surface area contributed by atoms with Gasteiger partial charge in [-0.1, -0.05) is 152 Å². The zero-order valence-corrected chi connectivity index (χ0v) is 27.7. The molecule has 9 aromatic rings. The summed E-state index contributed by atoms with van der Waals surface area (Å²) in [6.07, 6.45) is 1.86. The molecule has 0 atom stereocenters. The van der Waals surface area contributed by atoms with Gasteiger partial charge in [0, 0.05) is 22.5 Å². The molecule has 0 amide bonds. The first-order valence-electron chi connectivity index (χ1n) is 16.8. The van der Waals surface area contributed by atoms with Crippen molar-refractivity contribution in [3.8, 4) is 33.5 Å². The van der Waals surface area contributed by atoms with Gasteiger partial charge in [-0.05, 0) is 78.0 Å². The van der Waals surface area contributed by atoms with E-state index in [4.69, 9.17) is 9.97 Å². The van der Waals surface area contributed by atoms with Gasteiger partial charge < -0.3 is 0 Å². The molecule has 228 valence electrons. The number of nitrogens with zero attached hydrogens (tertiary/aromatic N) is 2. The summed E-state index contributed by atoms with van der Waals surface area (Å²) >= 11 is 0. The van der Waals surface area contributed by atoms with Crippen LogP contribution in [0.25, 0.3) is 66.1 Å². The number of benzene rings is 7. The van der Waals surface area contributed by atoms with Crippen molar-refractivity contribution in [2.24, 2.45) is 0 Å². The van der Waals surface area contributed by atoms with Gasteiger partial charge in [0.15, 0.2) is 8.07 Å². The third kappa shape index (κ3) is 4.13. The van der Waals surface area contributed by atoms with E-state index in [1.807, 2.05) is 12.3 Å². The summed E-state index contributed by atoms with van der Waals surface area (Å²) in [4.78, 5) is 10.00. The summed E-state index contributed by atoms with van der Waals surface area (Å²) in [6, 6.07) is 64.5. The highest BCUT2D eigenvalue weighted by Gasteiger charge is 2.48. The Morgan fingerprint density at radius 2 is 0.939 bits per heavy atom. The van der Waals surface area contributed by atoms with E-state index in [1.54, 1.807) is 0 Å². The van der Waals surface area contributed by atoms with Gasteiger partial charge >= 0.3 is 0 Å². The van der Waals surface area contributed by atoms with Crippen molar-refractivity contribution in [1.82, 2.24) is 9.97 Å². The fourth-order valence-electron chi connectivity index (χ4n) is 8.24. The molecule has 0 aliphatic carbocycles. The average molecular weight is 639 g/mol. The molecule has 3 heteroatoms. The van der Waals surface area contributed by atoms with E-state index in [0.717, 1.165) is 33.1 Å². The Kier molecular flexibility index (Phi) is 6.23. The first-order valence-corrected chi connectivity index (χ1v) is 18.8. The highest BCUT2D eigenvalue weighted by atomic mass is 28.3. The number of aromatic nitrogens is 2. The normalized spacial score (nSPS) is 13.1. The molecule has 0 bridgehead atoms. The maximum Gasteiger partial charge on any atom is 0.180 e. The van der Waals surface area contributed by atoms with E-state index in [9.17, 15) is 0 Å². The van der Waals surface area contributed by atoms with Crippen LogP contribution in [0.3, 0.4) is 0 Å². The molecular weight excluding hydrogens is 609 g/mol. The minimum Gasteiger partial charge on any atom is -0.254 e. The molecule has 10 rings (SSSR count). The van der Waals surface area contributed by atoms with Crippen molar-refractivity contribution < 1.29 is 0 Å². The smallest absolute Gasteiger partial charge is 0.180 e. The second-order valence-corrected chi connectivity index (χ2v) is 16.6. The van der Waals surface area contributed by atoms with Gasteiger partial charge in [-0.2, -0.15) is 0 Å². The van der Waals surface area contributed by atoms with E-state index >= 15 is 0 Å². The molecule has 7 aromatic carbocycles. The minimum absolute atomic E-state index is 0.942. The van der Waals surface area contributed by atoms with Crippen molar-refractivity contribution >= 4 is 61.4 Å². The predicted octanol–water partition coefficient (Wildman–Crippen LogP) is 8.63. The quantitative estimate of drug-likeness (QED) is 0.143. The lowest BCUT2D eigenvalue weighted by molar-refractivity contribution is 1.37. The number of hydrogen-bond donors (Lipinski definition) is 0. The Hall–Kier alpha value is -6.16. The van der Waals surface area contributed by atoms with Crippen molar-refractivity contribution in [3.05, 3.63) is 182 Å². The first-order chi connectivity index (χ1) is 24.3. The molecule has 0 saturated carbocycles. The van der Waals surface area contributed by atoms with E-state index in [2.05, 4.69) is 170 Å². The zero-order chi connectivity index (χ0) is 32.4. The monoisotopic (exact) mass is 638 g/mol. The Balaban J connectivity index is 1.09. The molecule has 1 aliphatic rings. The van der Waals surface area contributed by atoms with Crippen molar-refractivity contribution in [2.45, 2.75) is 0 Å². The number of fused-ring (bicyclic) bond motifs is 9. The molecule has 0 N–H and O–H groups in total. The van der Waals surface area contributed by atoms with Gasteiger partial charge in [-0.25, -0.2) is 4.98 Å². The van der Waals surface area contributed by atoms with Crippen molar-refractivity contribution in [2.75, 3.05) is 0 Å². The summed E-state index contributed by atoms with van der Waals surface area (Å²) in [5.41, 5.74) is 9.04. The van der Waals surface area contributed by atoms with E-state index < -0.39 is 8.07 Å². The standard InChI is InChI=1S/C46H30N2Si/c1-3-12-34(13-4-1)49(35-14-5-2-6-15-35)43-20-10-9-18-38(43)41-30-33(25-28-44(41)49)31-21-23-32(24-22-31)42-27-26-40-37-17-8-7-16-36(37)39-19-11-29-47-45(39)46(40)48-42/h1-30H. The minimum atomic E-state index is -2.48. The van der Waals surface area contributed by atoms with Crippen molar-refractivity contribution in [3.63, 3.8) is 0 Å². The van der Waals surface area contributed by atoms with Gasteiger partial charge in [0.05, 0.1) is 16.7 Å². The molecular formula is C46H30N2Si. The molecule has 49 heavy (non-hydrogen) atoms. The molecule has 2 aromatic heterocycles. The maximum atomic E-state index is 5.21. The fourth-order valence-corrected chi connectivity index (χ4v) is 13.4. The summed E-state index contributed by atoms with van der Waals surface area (Å²) in [7, 11) is -2.48. The number of rotatable bonds is 4. The summed E-state index contributed by atoms with van der Waals surface area (Å²) in [5, 5.41) is 10.4. The van der Waals surface area contributed by atoms with Crippen LogP contribution in [0.2, 0.25) is 0 Å². The summed E-state index contributed by atoms with van der Waals surface area (Å²) < 4.78 is 0. The van der Waals surface area contributed by atoms with Gasteiger partial charge in [-0.15, -0.1) is 0 Å². The van der Waals surface area contributed by atoms with Crippen LogP contribution in [0.1, 0.15) is 0 Å². The first kappa shape index (κ1) is 27.9. The lowest BCUT2D eigenvalue weighted by atomic mass is 9.97. The van der Waals surface area contributed by atoms with Gasteiger partial charge in [0.25, 0.3) is 0 Å². The predicted molar refractivity (Wildman–Crippen MR) is 208 cm³/mol. The van der Waals surface area contributed by atoms with Crippen LogP contribution >= 0.6 is 0 Å². The molecule has 0 fully saturated rings. The lowest BCUT2D eigenvalue weighted by Gasteiger charge is -2.31. The summed E-state index contributed by atoms with van der Waals surface area (Å²) in [5.74, 6) is 0. The van der Waals surface area contributed by atoms with E-state index in [0.29, 0.717) is 0 Å². The Morgan fingerprint density at radius 1 is 0.367 bits per heavy atom. The Bertz CT molecular complexity index is 2630. The number of hydrogen-bond acceptors (Lipinski definition) is 2. The number of pyridine rings is 2. The van der Waals surface area contributed by atoms with E-state index in [-0.39, 0.29) is 0 Å². The topological polar surface area (TPSA) is 25.8 Å². The SMILES string of the molecule is c1ccc([Si]2(c3ccccc3)c3ccccc3-c3cc(-c4ccc(-c5ccc6c7ccccc7c7cccnc7c6n5)cc4)ccc32)cc1. The average Bonchev–Trinajstić information content (AvgIpc) is 3.49. The molecule has 0 unspecified atom stereocenters. The third-order valence-corrected chi connectivity index (χ3v) is 15.3.